The number of thiophene rings is 1. The van der Waals surface area contributed by atoms with Crippen LogP contribution in [0.1, 0.15) is 45.0 Å². The molecule has 3 rings (SSSR count). The van der Waals surface area contributed by atoms with Crippen LogP contribution in [0.15, 0.2) is 18.1 Å². The third-order valence-electron chi connectivity index (χ3n) is 2.82. The SMILES string of the molecule is [2H]C1=c2c(sc3c([2H])c([2H])c([2H])c(C([2H])(C)C)c23)=CCC1. The molecular formula is C15H16S. The van der Waals surface area contributed by atoms with Crippen LogP contribution in [0.4, 0.5) is 0 Å². The molecule has 0 fully saturated rings. The maximum Gasteiger partial charge on any atom is 0.0638 e. The molecule has 0 unspecified atom stereocenters. The van der Waals surface area contributed by atoms with Gasteiger partial charge < -0.3 is 0 Å². The predicted octanol–water partition coefficient (Wildman–Crippen LogP) is 3.38. The fourth-order valence-electron chi connectivity index (χ4n) is 2.08. The first-order chi connectivity index (χ1) is 9.73. The van der Waals surface area contributed by atoms with Crippen LogP contribution in [0.2, 0.25) is 0 Å². The first kappa shape index (κ1) is 6.02. The summed E-state index contributed by atoms with van der Waals surface area (Å²) < 4.78 is 42.5. The summed E-state index contributed by atoms with van der Waals surface area (Å²) in [6, 6.07) is 0.388. The topological polar surface area (TPSA) is 0 Å². The quantitative estimate of drug-likeness (QED) is 0.708. The van der Waals surface area contributed by atoms with Gasteiger partial charge in [-0.3, -0.25) is 0 Å². The number of benzene rings is 1. The molecule has 1 heterocycles. The first-order valence-electron chi connectivity index (χ1n) is 7.96. The Morgan fingerprint density at radius 1 is 1.38 bits per heavy atom. The highest BCUT2D eigenvalue weighted by atomic mass is 32.1. The normalized spacial score (nSPS) is 20.4. The van der Waals surface area contributed by atoms with E-state index >= 15 is 0 Å². The molecule has 16 heavy (non-hydrogen) atoms. The molecular weight excluding hydrogens is 212 g/mol. The van der Waals surface area contributed by atoms with Crippen LogP contribution >= 0.6 is 11.3 Å². The summed E-state index contributed by atoms with van der Waals surface area (Å²) in [5.74, 6) is -1.04. The van der Waals surface area contributed by atoms with Crippen LogP contribution in [-0.2, 0) is 0 Å². The molecule has 0 spiro atoms. The average Bonchev–Trinajstić information content (AvgIpc) is 2.75. The van der Waals surface area contributed by atoms with Gasteiger partial charge in [0.1, 0.15) is 0 Å². The van der Waals surface area contributed by atoms with Gasteiger partial charge in [-0.2, -0.15) is 0 Å². The molecule has 1 aliphatic carbocycles. The fraction of sp³-hybridized carbons (Fsp3) is 0.333. The second kappa shape index (κ2) is 3.74. The lowest BCUT2D eigenvalue weighted by Crippen LogP contribution is -2.21. The van der Waals surface area contributed by atoms with Crippen LogP contribution < -0.4 is 9.75 Å². The van der Waals surface area contributed by atoms with Gasteiger partial charge in [-0.25, -0.2) is 0 Å². The van der Waals surface area contributed by atoms with Crippen LogP contribution in [0.5, 0.6) is 0 Å². The molecule has 0 bridgehead atoms. The Bertz CT molecular complexity index is 871. The van der Waals surface area contributed by atoms with Gasteiger partial charge in [-0.1, -0.05) is 38.1 Å². The largest absolute Gasteiger partial charge is 0.136 e. The van der Waals surface area contributed by atoms with E-state index in [2.05, 4.69) is 6.08 Å². The van der Waals surface area contributed by atoms with Crippen molar-refractivity contribution in [3.63, 3.8) is 0 Å². The van der Waals surface area contributed by atoms with E-state index in [9.17, 15) is 0 Å². The van der Waals surface area contributed by atoms with Crippen LogP contribution in [-0.4, -0.2) is 0 Å². The smallest absolute Gasteiger partial charge is 0.0638 e. The predicted molar refractivity (Wildman–Crippen MR) is 73.3 cm³/mol. The summed E-state index contributed by atoms with van der Waals surface area (Å²) in [6.45, 7) is 3.40. The zero-order valence-electron chi connectivity index (χ0n) is 14.4. The van der Waals surface area contributed by atoms with Gasteiger partial charge in [-0.05, 0) is 35.6 Å². The minimum atomic E-state index is -1.04. The maximum atomic E-state index is 8.34. The standard InChI is InChI=1S/C15H16S/c1-10(2)11-7-5-9-14-15(11)12-6-3-4-8-13(12)16-14/h5-10H,3-4H2,1-2H3/i5D,6D,7D,9D,10D. The van der Waals surface area contributed by atoms with Crippen molar-refractivity contribution in [1.29, 1.82) is 0 Å². The Morgan fingerprint density at radius 3 is 3.06 bits per heavy atom. The summed E-state index contributed by atoms with van der Waals surface area (Å²) in [5, 5.41) is 1.46. The van der Waals surface area contributed by atoms with E-state index in [-0.39, 0.29) is 18.1 Å². The average molecular weight is 233 g/mol. The van der Waals surface area contributed by atoms with Gasteiger partial charge in [0, 0.05) is 16.0 Å². The second-order valence-electron chi connectivity index (χ2n) is 4.22. The molecule has 0 nitrogen and oxygen atoms in total. The monoisotopic (exact) mass is 233 g/mol. The Labute approximate surface area is 107 Å². The van der Waals surface area contributed by atoms with E-state index in [1.165, 1.54) is 11.3 Å². The minimum absolute atomic E-state index is 0.0450. The van der Waals surface area contributed by atoms with Gasteiger partial charge >= 0.3 is 0 Å². The van der Waals surface area contributed by atoms with Crippen molar-refractivity contribution < 1.29 is 6.85 Å². The molecule has 1 aromatic carbocycles. The molecule has 0 saturated heterocycles. The van der Waals surface area contributed by atoms with Gasteiger partial charge in [0.05, 0.1) is 5.48 Å². The lowest BCUT2D eigenvalue weighted by Gasteiger charge is -2.07. The van der Waals surface area contributed by atoms with Crippen molar-refractivity contribution in [2.75, 3.05) is 0 Å². The molecule has 0 aliphatic heterocycles. The number of hydrogen-bond acceptors (Lipinski definition) is 1. The number of hydrogen-bond donors (Lipinski definition) is 0. The van der Waals surface area contributed by atoms with Crippen molar-refractivity contribution in [2.45, 2.75) is 32.6 Å². The summed E-state index contributed by atoms with van der Waals surface area (Å²) >= 11 is 1.41. The highest BCUT2D eigenvalue weighted by Crippen LogP contribution is 2.24. The van der Waals surface area contributed by atoms with E-state index in [1.54, 1.807) is 13.8 Å². The number of fused-ring (bicyclic) bond motifs is 3. The summed E-state index contributed by atoms with van der Waals surface area (Å²) in [6.07, 6.45) is 3.53. The van der Waals surface area contributed by atoms with Crippen molar-refractivity contribution in [2.24, 2.45) is 0 Å². The summed E-state index contributed by atoms with van der Waals surface area (Å²) in [7, 11) is 0. The molecule has 1 aliphatic rings. The molecule has 0 N–H and O–H groups in total. The Morgan fingerprint density at radius 2 is 2.25 bits per heavy atom. The van der Waals surface area contributed by atoms with Gasteiger partial charge in [0.15, 0.2) is 0 Å². The zero-order valence-corrected chi connectivity index (χ0v) is 10.2. The fourth-order valence-corrected chi connectivity index (χ4v) is 3.19. The van der Waals surface area contributed by atoms with E-state index in [1.807, 2.05) is 0 Å². The highest BCUT2D eigenvalue weighted by molar-refractivity contribution is 7.17. The maximum absolute atomic E-state index is 8.34. The van der Waals surface area contributed by atoms with Crippen molar-refractivity contribution >= 4 is 33.6 Å². The summed E-state index contributed by atoms with van der Waals surface area (Å²) in [5.41, 5.74) is 0.469. The summed E-state index contributed by atoms with van der Waals surface area (Å²) in [4.78, 5) is 0. The zero-order chi connectivity index (χ0) is 15.5. The van der Waals surface area contributed by atoms with E-state index in [0.717, 1.165) is 16.2 Å². The molecule has 82 valence electrons. The van der Waals surface area contributed by atoms with Crippen molar-refractivity contribution in [1.82, 2.24) is 0 Å². The lowest BCUT2D eigenvalue weighted by molar-refractivity contribution is 0.876. The molecule has 0 saturated carbocycles. The Kier molecular flexibility index (Phi) is 1.41. The van der Waals surface area contributed by atoms with Gasteiger partial charge in [0.25, 0.3) is 0 Å². The van der Waals surface area contributed by atoms with Gasteiger partial charge in [-0.15, -0.1) is 11.3 Å². The molecule has 2 aromatic rings. The van der Waals surface area contributed by atoms with Crippen LogP contribution in [0.25, 0.3) is 22.2 Å². The molecule has 0 amide bonds. The Balaban J connectivity index is 2.70. The van der Waals surface area contributed by atoms with Crippen LogP contribution in [0, 0.1) is 0 Å². The molecule has 1 aromatic heterocycles. The Hall–Kier alpha value is -1.08. The molecule has 0 atom stereocenters. The van der Waals surface area contributed by atoms with E-state index < -0.39 is 5.89 Å². The third kappa shape index (κ3) is 1.42. The molecule has 0 radical (unpaired) electrons. The van der Waals surface area contributed by atoms with Crippen molar-refractivity contribution in [3.8, 4) is 0 Å². The van der Waals surface area contributed by atoms with Crippen LogP contribution in [0.3, 0.4) is 0 Å². The first-order valence-corrected chi connectivity index (χ1v) is 6.28. The minimum Gasteiger partial charge on any atom is -0.136 e. The van der Waals surface area contributed by atoms with Crippen molar-refractivity contribution in [3.05, 3.63) is 33.4 Å². The molecule has 1 heteroatoms. The second-order valence-corrected chi connectivity index (χ2v) is 5.27. The lowest BCUT2D eigenvalue weighted by atomic mass is 9.97. The number of rotatable bonds is 1. The highest BCUT2D eigenvalue weighted by Gasteiger charge is 2.10. The van der Waals surface area contributed by atoms with Gasteiger partial charge in [0.2, 0.25) is 0 Å². The third-order valence-corrected chi connectivity index (χ3v) is 3.93. The van der Waals surface area contributed by atoms with E-state index in [0.29, 0.717) is 28.1 Å². The van der Waals surface area contributed by atoms with E-state index in [4.69, 9.17) is 6.85 Å².